The van der Waals surface area contributed by atoms with E-state index in [1.807, 2.05) is 6.08 Å². The summed E-state index contributed by atoms with van der Waals surface area (Å²) < 4.78 is 0. The van der Waals surface area contributed by atoms with E-state index in [4.69, 9.17) is 0 Å². The molecule has 0 spiro atoms. The van der Waals surface area contributed by atoms with Crippen LogP contribution in [-0.4, -0.2) is 23.9 Å². The van der Waals surface area contributed by atoms with Gasteiger partial charge in [0.05, 0.1) is 5.41 Å². The average Bonchev–Trinajstić information content (AvgIpc) is 2.36. The van der Waals surface area contributed by atoms with E-state index in [-0.39, 0.29) is 5.41 Å². The van der Waals surface area contributed by atoms with Crippen molar-refractivity contribution in [3.8, 4) is 0 Å². The summed E-state index contributed by atoms with van der Waals surface area (Å²) in [6.45, 7) is 9.95. The Kier molecular flexibility index (Phi) is 5.04. The maximum absolute atomic E-state index is 12.6. The normalized spacial score (nSPS) is 17.2. The van der Waals surface area contributed by atoms with E-state index in [1.165, 1.54) is 19.3 Å². The topological polar surface area (TPSA) is 20.3 Å². The lowest BCUT2D eigenvalue weighted by atomic mass is 9.77. The molecule has 1 rings (SSSR count). The molecule has 0 N–H and O–H groups in total. The predicted molar refractivity (Wildman–Crippen MR) is 68.3 cm³/mol. The summed E-state index contributed by atoms with van der Waals surface area (Å²) in [6.07, 6.45) is 8.17. The van der Waals surface area contributed by atoms with Crippen LogP contribution in [0.3, 0.4) is 0 Å². The second kappa shape index (κ2) is 6.07. The first kappa shape index (κ1) is 13.3. The van der Waals surface area contributed by atoms with Gasteiger partial charge >= 0.3 is 0 Å². The fraction of sp³-hybridized carbons (Fsp3) is 0.786. The van der Waals surface area contributed by atoms with Crippen LogP contribution in [0.1, 0.15) is 52.4 Å². The number of carbonyl (C=O) groups excluding carboxylic acids is 1. The van der Waals surface area contributed by atoms with Crippen molar-refractivity contribution >= 4 is 5.91 Å². The molecule has 0 aromatic heterocycles. The van der Waals surface area contributed by atoms with E-state index in [9.17, 15) is 4.79 Å². The number of hydrogen-bond donors (Lipinski definition) is 0. The summed E-state index contributed by atoms with van der Waals surface area (Å²) in [4.78, 5) is 14.6. The fourth-order valence-electron chi connectivity index (χ4n) is 2.64. The lowest BCUT2D eigenvalue weighted by Gasteiger charge is -2.37. The standard InChI is InChI=1S/C14H25NO/c1-4-10-14(5-2,6-3)13(16)15-11-8-7-9-12-15/h4H,1,5-12H2,2-3H3. The molecule has 0 bridgehead atoms. The molecule has 0 aromatic rings. The van der Waals surface area contributed by atoms with Crippen LogP contribution in [0, 0.1) is 5.41 Å². The van der Waals surface area contributed by atoms with Gasteiger partial charge in [-0.05, 0) is 38.5 Å². The van der Waals surface area contributed by atoms with Crippen LogP contribution in [0.4, 0.5) is 0 Å². The van der Waals surface area contributed by atoms with E-state index < -0.39 is 0 Å². The molecule has 1 aliphatic rings. The quantitative estimate of drug-likeness (QED) is 0.654. The Balaban J connectivity index is 2.75. The number of piperidine rings is 1. The summed E-state index contributed by atoms with van der Waals surface area (Å²) in [5.41, 5.74) is -0.181. The third kappa shape index (κ3) is 2.66. The van der Waals surface area contributed by atoms with Gasteiger partial charge < -0.3 is 4.90 Å². The molecule has 0 atom stereocenters. The third-order valence-electron chi connectivity index (χ3n) is 3.99. The number of hydrogen-bond acceptors (Lipinski definition) is 1. The van der Waals surface area contributed by atoms with Crippen molar-refractivity contribution in [3.05, 3.63) is 12.7 Å². The van der Waals surface area contributed by atoms with Gasteiger partial charge in [-0.3, -0.25) is 4.79 Å². The molecule has 0 saturated carbocycles. The highest BCUT2D eigenvalue weighted by molar-refractivity contribution is 5.83. The van der Waals surface area contributed by atoms with Crippen molar-refractivity contribution < 1.29 is 4.79 Å². The molecule has 0 aliphatic carbocycles. The maximum Gasteiger partial charge on any atom is 0.229 e. The smallest absolute Gasteiger partial charge is 0.229 e. The summed E-state index contributed by atoms with van der Waals surface area (Å²) in [5, 5.41) is 0. The molecule has 0 radical (unpaired) electrons. The molecule has 1 fully saturated rings. The summed E-state index contributed by atoms with van der Waals surface area (Å²) in [5.74, 6) is 0.358. The highest BCUT2D eigenvalue weighted by Gasteiger charge is 2.37. The number of rotatable bonds is 5. The van der Waals surface area contributed by atoms with Crippen molar-refractivity contribution in [2.24, 2.45) is 5.41 Å². The first-order valence-electron chi connectivity index (χ1n) is 6.60. The van der Waals surface area contributed by atoms with Crippen LogP contribution in [0.25, 0.3) is 0 Å². The summed E-state index contributed by atoms with van der Waals surface area (Å²) in [7, 11) is 0. The Morgan fingerprint density at radius 2 is 1.81 bits per heavy atom. The zero-order valence-electron chi connectivity index (χ0n) is 10.8. The van der Waals surface area contributed by atoms with Crippen LogP contribution >= 0.6 is 0 Å². The number of allylic oxidation sites excluding steroid dienone is 1. The summed E-state index contributed by atoms with van der Waals surface area (Å²) >= 11 is 0. The van der Waals surface area contributed by atoms with Crippen LogP contribution in [0.5, 0.6) is 0 Å². The van der Waals surface area contributed by atoms with E-state index in [1.54, 1.807) is 0 Å². The van der Waals surface area contributed by atoms with Crippen LogP contribution < -0.4 is 0 Å². The number of amides is 1. The Bertz CT molecular complexity index is 237. The Labute approximate surface area is 99.7 Å². The monoisotopic (exact) mass is 223 g/mol. The average molecular weight is 223 g/mol. The van der Waals surface area contributed by atoms with Gasteiger partial charge in [0.1, 0.15) is 0 Å². The molecule has 1 amide bonds. The predicted octanol–water partition coefficient (Wildman–Crippen LogP) is 3.38. The molecule has 1 aliphatic heterocycles. The number of likely N-dealkylation sites (tertiary alicyclic amines) is 1. The van der Waals surface area contributed by atoms with E-state index in [2.05, 4.69) is 25.3 Å². The first-order valence-corrected chi connectivity index (χ1v) is 6.60. The minimum absolute atomic E-state index is 0.181. The zero-order chi connectivity index (χ0) is 12.0. The molecule has 92 valence electrons. The van der Waals surface area contributed by atoms with E-state index >= 15 is 0 Å². The Morgan fingerprint density at radius 1 is 1.25 bits per heavy atom. The molecular formula is C14H25NO. The van der Waals surface area contributed by atoms with E-state index in [0.29, 0.717) is 5.91 Å². The van der Waals surface area contributed by atoms with Gasteiger partial charge in [-0.15, -0.1) is 6.58 Å². The molecule has 0 aromatic carbocycles. The second-order valence-corrected chi connectivity index (χ2v) is 4.83. The first-order chi connectivity index (χ1) is 7.70. The SMILES string of the molecule is C=CCC(CC)(CC)C(=O)N1CCCCC1. The number of nitrogens with zero attached hydrogens (tertiary/aromatic N) is 1. The zero-order valence-corrected chi connectivity index (χ0v) is 10.8. The molecule has 1 heterocycles. The van der Waals surface area contributed by atoms with Crippen molar-refractivity contribution in [2.45, 2.75) is 52.4 Å². The minimum atomic E-state index is -0.181. The van der Waals surface area contributed by atoms with Crippen molar-refractivity contribution in [3.63, 3.8) is 0 Å². The Morgan fingerprint density at radius 3 is 2.25 bits per heavy atom. The van der Waals surface area contributed by atoms with E-state index in [0.717, 1.165) is 32.4 Å². The van der Waals surface area contributed by atoms with Gasteiger partial charge in [0.15, 0.2) is 0 Å². The van der Waals surface area contributed by atoms with Crippen LogP contribution in [0.2, 0.25) is 0 Å². The van der Waals surface area contributed by atoms with Gasteiger partial charge in [-0.2, -0.15) is 0 Å². The van der Waals surface area contributed by atoms with Gasteiger partial charge in [0, 0.05) is 13.1 Å². The van der Waals surface area contributed by atoms with Gasteiger partial charge in [0.25, 0.3) is 0 Å². The van der Waals surface area contributed by atoms with Crippen molar-refractivity contribution in [1.29, 1.82) is 0 Å². The molecule has 1 saturated heterocycles. The lowest BCUT2D eigenvalue weighted by Crippen LogP contribution is -2.45. The van der Waals surface area contributed by atoms with Crippen molar-refractivity contribution in [1.82, 2.24) is 4.90 Å². The molecule has 0 unspecified atom stereocenters. The second-order valence-electron chi connectivity index (χ2n) is 4.83. The largest absolute Gasteiger partial charge is 0.342 e. The molecule has 2 nitrogen and oxygen atoms in total. The fourth-order valence-corrected chi connectivity index (χ4v) is 2.64. The van der Waals surface area contributed by atoms with Crippen molar-refractivity contribution in [2.75, 3.05) is 13.1 Å². The third-order valence-corrected chi connectivity index (χ3v) is 3.99. The molecular weight excluding hydrogens is 198 g/mol. The maximum atomic E-state index is 12.6. The lowest BCUT2D eigenvalue weighted by molar-refractivity contribution is -0.143. The highest BCUT2D eigenvalue weighted by atomic mass is 16.2. The van der Waals surface area contributed by atoms with Crippen LogP contribution in [0.15, 0.2) is 12.7 Å². The van der Waals surface area contributed by atoms with Gasteiger partial charge in [0.2, 0.25) is 5.91 Å². The Hall–Kier alpha value is -0.790. The highest BCUT2D eigenvalue weighted by Crippen LogP contribution is 2.34. The summed E-state index contributed by atoms with van der Waals surface area (Å²) in [6, 6.07) is 0. The molecule has 2 heteroatoms. The minimum Gasteiger partial charge on any atom is -0.342 e. The van der Waals surface area contributed by atoms with Gasteiger partial charge in [-0.1, -0.05) is 19.9 Å². The van der Waals surface area contributed by atoms with Gasteiger partial charge in [-0.25, -0.2) is 0 Å². The number of carbonyl (C=O) groups is 1. The van der Waals surface area contributed by atoms with Crippen LogP contribution in [-0.2, 0) is 4.79 Å². The molecule has 16 heavy (non-hydrogen) atoms.